The van der Waals surface area contributed by atoms with Gasteiger partial charge in [0, 0.05) is 30.1 Å². The van der Waals surface area contributed by atoms with E-state index in [0.29, 0.717) is 12.3 Å². The Balaban J connectivity index is 1.53. The molecule has 3 unspecified atom stereocenters. The molecule has 8 nitrogen and oxygen atoms in total. The maximum Gasteiger partial charge on any atom is 0.326 e. The van der Waals surface area contributed by atoms with Gasteiger partial charge in [-0.3, -0.25) is 19.8 Å². The zero-order chi connectivity index (χ0) is 24.5. The van der Waals surface area contributed by atoms with Crippen LogP contribution in [0.5, 0.6) is 0 Å². The van der Waals surface area contributed by atoms with Crippen LogP contribution >= 0.6 is 0 Å². The molecule has 4 aliphatic carbocycles. The Labute approximate surface area is 199 Å². The van der Waals surface area contributed by atoms with Crippen molar-refractivity contribution in [3.05, 3.63) is 23.8 Å². The number of nitrogens with one attached hydrogen (secondary N) is 1. The smallest absolute Gasteiger partial charge is 0.326 e. The number of methoxy groups -OCH3 is 1. The molecule has 3 saturated carbocycles. The van der Waals surface area contributed by atoms with Gasteiger partial charge in [0.25, 0.3) is 0 Å². The molecule has 1 N–H and O–H groups in total. The van der Waals surface area contributed by atoms with Crippen molar-refractivity contribution in [1.82, 2.24) is 5.43 Å². The van der Waals surface area contributed by atoms with Gasteiger partial charge >= 0.3 is 5.97 Å². The van der Waals surface area contributed by atoms with E-state index in [1.807, 2.05) is 19.9 Å². The maximum atomic E-state index is 13.9. The normalized spacial score (nSPS) is 42.6. The summed E-state index contributed by atoms with van der Waals surface area (Å²) in [6.45, 7) is 8.01. The van der Waals surface area contributed by atoms with Crippen LogP contribution in [0.3, 0.4) is 0 Å². The molecule has 8 heteroatoms. The average Bonchev–Trinajstić information content (AvgIpc) is 3.24. The fourth-order valence-electron chi connectivity index (χ4n) is 7.94. The van der Waals surface area contributed by atoms with Gasteiger partial charge in [0.2, 0.25) is 0 Å². The molecule has 0 radical (unpaired) electrons. The summed E-state index contributed by atoms with van der Waals surface area (Å²) in [4.78, 5) is 42.6. The van der Waals surface area contributed by atoms with E-state index >= 15 is 0 Å². The van der Waals surface area contributed by atoms with Crippen molar-refractivity contribution in [2.75, 3.05) is 13.7 Å². The fourth-order valence-corrected chi connectivity index (χ4v) is 7.94. The van der Waals surface area contributed by atoms with Crippen LogP contribution in [0.25, 0.3) is 0 Å². The number of rotatable bonds is 4. The highest BCUT2D eigenvalue weighted by Gasteiger charge is 2.73. The first-order valence-corrected chi connectivity index (χ1v) is 12.1. The summed E-state index contributed by atoms with van der Waals surface area (Å²) in [5, 5.41) is 4.52. The number of nitrogens with zero attached hydrogens (tertiary/aromatic N) is 2. The largest absolute Gasteiger partial charge is 0.475 e. The molecule has 1 aliphatic heterocycles. The van der Waals surface area contributed by atoms with Crippen molar-refractivity contribution in [2.24, 2.45) is 38.7 Å². The van der Waals surface area contributed by atoms with Crippen LogP contribution in [-0.4, -0.2) is 54.4 Å². The molecular formula is C26H33N3O5. The number of hydrogen-bond donors (Lipinski definition) is 1. The van der Waals surface area contributed by atoms with Crippen LogP contribution in [0, 0.1) is 28.6 Å². The summed E-state index contributed by atoms with van der Waals surface area (Å²) in [7, 11) is 1.34. The van der Waals surface area contributed by atoms with Crippen molar-refractivity contribution >= 4 is 29.1 Å². The van der Waals surface area contributed by atoms with E-state index in [2.05, 4.69) is 24.4 Å². The van der Waals surface area contributed by atoms with Crippen LogP contribution in [0.2, 0.25) is 0 Å². The molecule has 7 atom stereocenters. The number of Topliss-reactive ketones (excluding diaryl/α,β-unsaturated/α-hetero) is 1. The van der Waals surface area contributed by atoms with Crippen molar-refractivity contribution in [3.63, 3.8) is 0 Å². The molecule has 0 saturated heterocycles. The number of fused-ring (bicyclic) bond motifs is 7. The second kappa shape index (κ2) is 7.62. The molecule has 5 aliphatic rings. The van der Waals surface area contributed by atoms with Crippen LogP contribution in [0.15, 0.2) is 33.9 Å². The number of hydrogen-bond acceptors (Lipinski definition) is 8. The Morgan fingerprint density at radius 3 is 2.85 bits per heavy atom. The Kier molecular flexibility index (Phi) is 5.15. The van der Waals surface area contributed by atoms with Crippen LogP contribution in [0.4, 0.5) is 0 Å². The second-order valence-electron chi connectivity index (χ2n) is 10.9. The molecule has 0 bridgehead atoms. The molecule has 0 aromatic carbocycles. The number of allylic oxidation sites excluding steroid dienone is 4. The Bertz CT molecular complexity index is 1090. The van der Waals surface area contributed by atoms with E-state index in [0.717, 1.165) is 30.5 Å². The average molecular weight is 468 g/mol. The number of hydrazone groups is 1. The predicted molar refractivity (Wildman–Crippen MR) is 126 cm³/mol. The molecule has 1 heterocycles. The molecular weight excluding hydrogens is 434 g/mol. The van der Waals surface area contributed by atoms with Crippen LogP contribution in [0.1, 0.15) is 53.4 Å². The minimum absolute atomic E-state index is 0.0119. The number of aliphatic imine (C=N–C) groups is 1. The van der Waals surface area contributed by atoms with Crippen LogP contribution < -0.4 is 5.43 Å². The predicted octanol–water partition coefficient (Wildman–Crippen LogP) is 2.78. The Hall–Kier alpha value is -2.77. The van der Waals surface area contributed by atoms with Gasteiger partial charge in [-0.2, -0.15) is 5.10 Å². The minimum Gasteiger partial charge on any atom is -0.475 e. The molecule has 3 fully saturated rings. The van der Waals surface area contributed by atoms with Gasteiger partial charge in [0.05, 0.1) is 12.8 Å². The van der Waals surface area contributed by atoms with Crippen LogP contribution in [-0.2, 0) is 23.9 Å². The minimum atomic E-state index is -0.763. The van der Waals surface area contributed by atoms with Gasteiger partial charge in [-0.15, -0.1) is 0 Å². The van der Waals surface area contributed by atoms with E-state index < -0.39 is 22.3 Å². The summed E-state index contributed by atoms with van der Waals surface area (Å²) in [6.07, 6.45) is 8.00. The fraction of sp³-hybridized carbons (Fsp3) is 0.654. The third kappa shape index (κ3) is 2.93. The summed E-state index contributed by atoms with van der Waals surface area (Å²) in [6, 6.07) is 0. The van der Waals surface area contributed by atoms with E-state index in [4.69, 9.17) is 14.5 Å². The third-order valence-electron chi connectivity index (χ3n) is 9.35. The highest BCUT2D eigenvalue weighted by molar-refractivity contribution is 6.02. The van der Waals surface area contributed by atoms with Crippen molar-refractivity contribution in [3.8, 4) is 0 Å². The van der Waals surface area contributed by atoms with Crippen molar-refractivity contribution in [2.45, 2.75) is 65.0 Å². The molecule has 182 valence electrons. The van der Waals surface area contributed by atoms with E-state index in [1.165, 1.54) is 7.11 Å². The number of ketones is 2. The number of carbonyl (C=O) groups is 3. The van der Waals surface area contributed by atoms with Gasteiger partial charge in [-0.25, -0.2) is 4.99 Å². The molecule has 34 heavy (non-hydrogen) atoms. The first-order valence-electron chi connectivity index (χ1n) is 12.1. The lowest BCUT2D eigenvalue weighted by Gasteiger charge is -2.56. The first kappa shape index (κ1) is 23.0. The van der Waals surface area contributed by atoms with E-state index in [-0.39, 0.29) is 42.0 Å². The SMILES string of the molecule is COC(=O)CN/N=C(\C)[C@@]12N=C(C)O[C@@H]1CC1C3CCC4=CC(=O)C=C[C@]4(C)C3C(=O)C[C@@]12C. The second-order valence-corrected chi connectivity index (χ2v) is 10.9. The summed E-state index contributed by atoms with van der Waals surface area (Å²) < 4.78 is 10.9. The Morgan fingerprint density at radius 2 is 2.12 bits per heavy atom. The van der Waals surface area contributed by atoms with E-state index in [9.17, 15) is 14.4 Å². The van der Waals surface area contributed by atoms with Gasteiger partial charge in [-0.05, 0) is 50.2 Å². The highest BCUT2D eigenvalue weighted by atomic mass is 16.5. The quantitative estimate of drug-likeness (QED) is 0.387. The van der Waals surface area contributed by atoms with E-state index in [1.54, 1.807) is 12.2 Å². The zero-order valence-corrected chi connectivity index (χ0v) is 20.5. The lowest BCUT2D eigenvalue weighted by molar-refractivity contribution is -0.142. The molecule has 0 aromatic heterocycles. The topological polar surface area (TPSA) is 106 Å². The molecule has 0 amide bonds. The van der Waals surface area contributed by atoms with Gasteiger partial charge < -0.3 is 9.47 Å². The maximum absolute atomic E-state index is 13.9. The van der Waals surface area contributed by atoms with Gasteiger partial charge in [0.15, 0.2) is 11.7 Å². The first-order chi connectivity index (χ1) is 16.1. The summed E-state index contributed by atoms with van der Waals surface area (Å²) in [5.41, 5.74) is 2.99. The number of carbonyl (C=O) groups excluding carboxylic acids is 3. The standard InChI is InChI=1S/C26H33N3O5/c1-14(29-27-13-22(32)33-5)26-21(34-15(2)28-26)11-19-18-7-6-16-10-17(30)8-9-24(16,3)23(18)20(31)12-25(19,26)4/h8-10,18-19,21,23,27H,6-7,11-13H2,1-5H3/b29-14+/t18?,19?,21-,23?,24+,25+,26-/m1/s1. The zero-order valence-electron chi connectivity index (χ0n) is 20.5. The third-order valence-corrected chi connectivity index (χ3v) is 9.35. The monoisotopic (exact) mass is 467 g/mol. The number of esters is 1. The van der Waals surface area contributed by atoms with Gasteiger partial charge in [0.1, 0.15) is 24.0 Å². The molecule has 0 spiro atoms. The lowest BCUT2D eigenvalue weighted by Crippen LogP contribution is -2.60. The summed E-state index contributed by atoms with van der Waals surface area (Å²) >= 11 is 0. The van der Waals surface area contributed by atoms with Crippen molar-refractivity contribution in [1.29, 1.82) is 0 Å². The molecule has 0 aromatic rings. The Morgan fingerprint density at radius 1 is 1.35 bits per heavy atom. The van der Waals surface area contributed by atoms with Crippen molar-refractivity contribution < 1.29 is 23.9 Å². The van der Waals surface area contributed by atoms with Gasteiger partial charge in [-0.1, -0.05) is 25.5 Å². The number of ether oxygens (including phenoxy) is 2. The summed E-state index contributed by atoms with van der Waals surface area (Å²) in [5.74, 6) is 0.707. The lowest BCUT2D eigenvalue weighted by atomic mass is 9.46. The highest BCUT2D eigenvalue weighted by Crippen LogP contribution is 2.68. The molecule has 5 rings (SSSR count).